The van der Waals surface area contributed by atoms with Crippen LogP contribution in [-0.2, 0) is 0 Å². The predicted octanol–water partition coefficient (Wildman–Crippen LogP) is 3.63. The molecule has 1 aromatic carbocycles. The molecule has 19 heavy (non-hydrogen) atoms. The Kier molecular flexibility index (Phi) is 3.43. The Labute approximate surface area is 107 Å². The van der Waals surface area contributed by atoms with Gasteiger partial charge in [0.05, 0.1) is 0 Å². The highest BCUT2D eigenvalue weighted by Crippen LogP contribution is 2.34. The number of terminal acetylenes is 1. The average molecular weight is 263 g/mol. The third-order valence-electron chi connectivity index (χ3n) is 2.38. The fourth-order valence-corrected chi connectivity index (χ4v) is 1.64. The minimum atomic E-state index is -4.76. The molecule has 0 amide bonds. The third-order valence-corrected chi connectivity index (χ3v) is 2.38. The smallest absolute Gasteiger partial charge is 0.405 e. The van der Waals surface area contributed by atoms with E-state index in [-0.39, 0.29) is 11.3 Å². The molecule has 0 aliphatic rings. The molecule has 2 nitrogen and oxygen atoms in total. The van der Waals surface area contributed by atoms with E-state index in [1.807, 2.05) is 0 Å². The van der Waals surface area contributed by atoms with E-state index in [2.05, 4.69) is 15.6 Å². The van der Waals surface area contributed by atoms with Gasteiger partial charge < -0.3 is 4.74 Å². The summed E-state index contributed by atoms with van der Waals surface area (Å²) in [4.78, 5) is 3.87. The van der Waals surface area contributed by atoms with Crippen molar-refractivity contribution < 1.29 is 17.9 Å². The summed E-state index contributed by atoms with van der Waals surface area (Å²) < 4.78 is 41.0. The second-order valence-electron chi connectivity index (χ2n) is 3.61. The topological polar surface area (TPSA) is 22.1 Å². The summed E-state index contributed by atoms with van der Waals surface area (Å²) >= 11 is 0. The van der Waals surface area contributed by atoms with Crippen LogP contribution in [0.1, 0.15) is 5.56 Å². The maximum absolute atomic E-state index is 12.3. The summed E-state index contributed by atoms with van der Waals surface area (Å²) in [7, 11) is 0. The van der Waals surface area contributed by atoms with Crippen molar-refractivity contribution >= 4 is 0 Å². The van der Waals surface area contributed by atoms with Gasteiger partial charge in [-0.3, -0.25) is 4.98 Å². The minimum absolute atomic E-state index is 0.251. The zero-order chi connectivity index (χ0) is 13.9. The number of halogens is 3. The molecule has 0 fully saturated rings. The van der Waals surface area contributed by atoms with Gasteiger partial charge in [0.2, 0.25) is 0 Å². The molecule has 0 aliphatic carbocycles. The quantitative estimate of drug-likeness (QED) is 0.772. The van der Waals surface area contributed by atoms with Crippen LogP contribution in [0.4, 0.5) is 13.2 Å². The lowest BCUT2D eigenvalue weighted by molar-refractivity contribution is -0.274. The van der Waals surface area contributed by atoms with Crippen molar-refractivity contribution in [3.05, 3.63) is 48.3 Å². The highest BCUT2D eigenvalue weighted by atomic mass is 19.4. The van der Waals surface area contributed by atoms with Crippen molar-refractivity contribution in [1.29, 1.82) is 0 Å². The van der Waals surface area contributed by atoms with Gasteiger partial charge in [-0.15, -0.1) is 19.6 Å². The van der Waals surface area contributed by atoms with Gasteiger partial charge >= 0.3 is 6.36 Å². The van der Waals surface area contributed by atoms with Gasteiger partial charge in [0, 0.05) is 29.1 Å². The van der Waals surface area contributed by atoms with Crippen molar-refractivity contribution in [1.82, 2.24) is 4.98 Å². The van der Waals surface area contributed by atoms with Crippen LogP contribution < -0.4 is 4.74 Å². The Morgan fingerprint density at radius 2 is 1.84 bits per heavy atom. The maximum atomic E-state index is 12.3. The van der Waals surface area contributed by atoms with Crippen LogP contribution in [0, 0.1) is 12.3 Å². The molecular weight excluding hydrogens is 255 g/mol. The fourth-order valence-electron chi connectivity index (χ4n) is 1.64. The normalized spacial score (nSPS) is 10.8. The minimum Gasteiger partial charge on any atom is -0.405 e. The summed E-state index contributed by atoms with van der Waals surface area (Å²) in [5.41, 5.74) is 1.12. The molecule has 1 heterocycles. The number of hydrogen-bond acceptors (Lipinski definition) is 2. The van der Waals surface area contributed by atoms with Crippen LogP contribution in [0.5, 0.6) is 5.75 Å². The lowest BCUT2D eigenvalue weighted by atomic mass is 10.0. The third kappa shape index (κ3) is 3.05. The Morgan fingerprint density at radius 3 is 2.53 bits per heavy atom. The number of aromatic nitrogens is 1. The summed E-state index contributed by atoms with van der Waals surface area (Å²) in [5, 5.41) is 0. The van der Waals surface area contributed by atoms with Gasteiger partial charge in [-0.05, 0) is 12.1 Å². The van der Waals surface area contributed by atoms with Crippen LogP contribution >= 0.6 is 0 Å². The van der Waals surface area contributed by atoms with Crippen LogP contribution in [0.15, 0.2) is 42.7 Å². The largest absolute Gasteiger partial charge is 0.573 e. The number of rotatable bonds is 2. The molecule has 0 saturated carbocycles. The summed E-state index contributed by atoms with van der Waals surface area (Å²) in [6, 6.07) is 7.34. The molecule has 2 aromatic rings. The number of hydrogen-bond donors (Lipinski definition) is 0. The van der Waals surface area contributed by atoms with Gasteiger partial charge in [-0.25, -0.2) is 0 Å². The van der Waals surface area contributed by atoms with E-state index in [0.717, 1.165) is 0 Å². The van der Waals surface area contributed by atoms with Crippen molar-refractivity contribution in [3.63, 3.8) is 0 Å². The predicted molar refractivity (Wildman–Crippen MR) is 64.3 cm³/mol. The van der Waals surface area contributed by atoms with Crippen LogP contribution in [0.25, 0.3) is 11.1 Å². The summed E-state index contributed by atoms with van der Waals surface area (Å²) in [5.74, 6) is 2.10. The Balaban J connectivity index is 2.54. The number of alkyl halides is 3. The summed E-state index contributed by atoms with van der Waals surface area (Å²) in [6.07, 6.45) is 3.46. The molecule has 0 bridgehead atoms. The lowest BCUT2D eigenvalue weighted by Crippen LogP contribution is -2.17. The number of nitrogens with zero attached hydrogens (tertiary/aromatic N) is 1. The van der Waals surface area contributed by atoms with Gasteiger partial charge in [0.15, 0.2) is 0 Å². The van der Waals surface area contributed by atoms with Crippen molar-refractivity contribution in [3.8, 4) is 29.2 Å². The van der Waals surface area contributed by atoms with Gasteiger partial charge in [-0.2, -0.15) is 0 Å². The first kappa shape index (κ1) is 13.0. The molecule has 96 valence electrons. The average Bonchev–Trinajstić information content (AvgIpc) is 2.37. The zero-order valence-electron chi connectivity index (χ0n) is 9.61. The molecule has 0 N–H and O–H groups in total. The first-order valence-electron chi connectivity index (χ1n) is 5.27. The van der Waals surface area contributed by atoms with E-state index >= 15 is 0 Å². The van der Waals surface area contributed by atoms with Crippen molar-refractivity contribution in [2.24, 2.45) is 0 Å². The van der Waals surface area contributed by atoms with Crippen LogP contribution in [0.3, 0.4) is 0 Å². The first-order valence-corrected chi connectivity index (χ1v) is 5.27. The monoisotopic (exact) mass is 263 g/mol. The van der Waals surface area contributed by atoms with Crippen molar-refractivity contribution in [2.45, 2.75) is 6.36 Å². The second-order valence-corrected chi connectivity index (χ2v) is 3.61. The number of ether oxygens (including phenoxy) is 1. The first-order chi connectivity index (χ1) is 9.01. The molecule has 0 radical (unpaired) electrons. The second kappa shape index (κ2) is 5.02. The molecular formula is C14H8F3NO. The van der Waals surface area contributed by atoms with E-state index in [1.54, 1.807) is 12.1 Å². The van der Waals surface area contributed by atoms with Crippen LogP contribution in [-0.4, -0.2) is 11.3 Å². The molecule has 0 atom stereocenters. The van der Waals surface area contributed by atoms with E-state index in [9.17, 15) is 13.2 Å². The van der Waals surface area contributed by atoms with E-state index in [1.165, 1.54) is 30.6 Å². The number of benzene rings is 1. The molecule has 2 rings (SSSR count). The van der Waals surface area contributed by atoms with Gasteiger partial charge in [-0.1, -0.05) is 24.1 Å². The Morgan fingerprint density at radius 1 is 1.11 bits per heavy atom. The van der Waals surface area contributed by atoms with Crippen molar-refractivity contribution in [2.75, 3.05) is 0 Å². The highest BCUT2D eigenvalue weighted by molar-refractivity contribution is 5.75. The highest BCUT2D eigenvalue weighted by Gasteiger charge is 2.32. The Hall–Kier alpha value is -2.48. The standard InChI is InChI=1S/C14H8F3NO/c1-2-10-7-8-18-9-12(10)11-5-3-4-6-13(11)19-14(15,16)17/h1,3-9H. The fraction of sp³-hybridized carbons (Fsp3) is 0.0714. The molecule has 0 aliphatic heterocycles. The molecule has 0 unspecified atom stereocenters. The molecule has 0 saturated heterocycles. The van der Waals surface area contributed by atoms with Crippen LogP contribution in [0.2, 0.25) is 0 Å². The summed E-state index contributed by atoms with van der Waals surface area (Å²) in [6.45, 7) is 0. The Bertz CT molecular complexity index is 629. The zero-order valence-corrected chi connectivity index (χ0v) is 9.61. The lowest BCUT2D eigenvalue weighted by Gasteiger charge is -2.13. The molecule has 0 spiro atoms. The van der Waals surface area contributed by atoms with E-state index in [0.29, 0.717) is 11.1 Å². The van der Waals surface area contributed by atoms with E-state index < -0.39 is 6.36 Å². The molecule has 5 heteroatoms. The van der Waals surface area contributed by atoms with Gasteiger partial charge in [0.25, 0.3) is 0 Å². The maximum Gasteiger partial charge on any atom is 0.573 e. The van der Waals surface area contributed by atoms with E-state index in [4.69, 9.17) is 6.42 Å². The van der Waals surface area contributed by atoms with Gasteiger partial charge in [0.1, 0.15) is 5.75 Å². The molecule has 1 aromatic heterocycles. The number of para-hydroxylation sites is 1. The SMILES string of the molecule is C#Cc1ccncc1-c1ccccc1OC(F)(F)F. The number of pyridine rings is 1.